The fourth-order valence-electron chi connectivity index (χ4n) is 5.10. The van der Waals surface area contributed by atoms with E-state index in [0.29, 0.717) is 31.1 Å². The number of nitrogens with two attached hydrogens (primary N) is 1. The molecular formula is C25H38ClFN4O5. The van der Waals surface area contributed by atoms with Gasteiger partial charge in [0.05, 0.1) is 12.7 Å². The van der Waals surface area contributed by atoms with E-state index in [0.717, 1.165) is 45.3 Å². The van der Waals surface area contributed by atoms with Gasteiger partial charge in [-0.05, 0) is 68.8 Å². The maximum absolute atomic E-state index is 14.1. The molecule has 4 N–H and O–H groups in total. The van der Waals surface area contributed by atoms with Crippen molar-refractivity contribution in [2.75, 3.05) is 53.1 Å². The van der Waals surface area contributed by atoms with Crippen LogP contribution in [0.3, 0.4) is 0 Å². The van der Waals surface area contributed by atoms with Crippen molar-refractivity contribution in [3.05, 3.63) is 34.6 Å². The van der Waals surface area contributed by atoms with Gasteiger partial charge in [0.1, 0.15) is 12.4 Å². The number of primary amides is 1. The Bertz CT molecular complexity index is 837. The van der Waals surface area contributed by atoms with Gasteiger partial charge in [-0.1, -0.05) is 11.6 Å². The lowest BCUT2D eigenvalue weighted by atomic mass is 9.88. The predicted molar refractivity (Wildman–Crippen MR) is 134 cm³/mol. The summed E-state index contributed by atoms with van der Waals surface area (Å²) in [5.41, 5.74) is 5.61. The maximum Gasteiger partial charge on any atom is 0.404 e. The molecule has 0 aliphatic carbocycles. The molecule has 2 unspecified atom stereocenters. The Hall–Kier alpha value is -2.14. The number of benzene rings is 1. The van der Waals surface area contributed by atoms with Crippen molar-refractivity contribution in [2.45, 2.75) is 44.2 Å². The Morgan fingerprint density at radius 3 is 2.81 bits per heavy atom. The molecule has 11 heteroatoms. The molecule has 0 radical (unpaired) electrons. The summed E-state index contributed by atoms with van der Waals surface area (Å²) in [6.45, 7) is 3.34. The number of halogens is 2. The number of likely N-dealkylation sites (N-methyl/N-ethyl adjacent to an activating group) is 1. The first-order valence-corrected chi connectivity index (χ1v) is 13.0. The number of hydrogen-bond acceptors (Lipinski definition) is 6. The van der Waals surface area contributed by atoms with Crippen LogP contribution in [0.2, 0.25) is 5.02 Å². The number of carbonyl (C=O) groups is 2. The van der Waals surface area contributed by atoms with Crippen molar-refractivity contribution in [1.29, 1.82) is 0 Å². The Balaban J connectivity index is 1.65. The second-order valence-corrected chi connectivity index (χ2v) is 9.97. The summed E-state index contributed by atoms with van der Waals surface area (Å²) in [4.78, 5) is 25.9. The molecule has 1 aromatic carbocycles. The van der Waals surface area contributed by atoms with Crippen LogP contribution in [-0.4, -0.2) is 76.2 Å². The number of nitrogens with zero attached hydrogens (tertiary/aromatic N) is 1. The number of likely N-dealkylation sites (tertiary alicyclic amines) is 1. The quantitative estimate of drug-likeness (QED) is 0.379. The number of hydrogen-bond donors (Lipinski definition) is 3. The van der Waals surface area contributed by atoms with E-state index in [9.17, 15) is 14.0 Å². The Labute approximate surface area is 217 Å². The molecule has 202 valence electrons. The highest BCUT2D eigenvalue weighted by molar-refractivity contribution is 6.30. The van der Waals surface area contributed by atoms with E-state index in [2.05, 4.69) is 10.6 Å². The molecule has 3 rings (SSSR count). The molecular weight excluding hydrogens is 491 g/mol. The van der Waals surface area contributed by atoms with Crippen LogP contribution in [0.25, 0.3) is 0 Å². The number of piperidine rings is 1. The number of nitrogens with one attached hydrogen (secondary N) is 2. The van der Waals surface area contributed by atoms with Crippen molar-refractivity contribution in [3.8, 4) is 0 Å². The fraction of sp³-hybridized carbons (Fsp3) is 0.680. The van der Waals surface area contributed by atoms with Crippen molar-refractivity contribution >= 4 is 23.7 Å². The fourth-order valence-corrected chi connectivity index (χ4v) is 5.33. The molecule has 36 heavy (non-hydrogen) atoms. The lowest BCUT2D eigenvalue weighted by Crippen LogP contribution is -2.52. The first-order valence-electron chi connectivity index (χ1n) is 12.6. The Morgan fingerprint density at radius 1 is 1.28 bits per heavy atom. The van der Waals surface area contributed by atoms with E-state index in [-0.39, 0.29) is 36.2 Å². The van der Waals surface area contributed by atoms with Gasteiger partial charge in [-0.3, -0.25) is 0 Å². The number of ether oxygens (including phenoxy) is 3. The third-order valence-electron chi connectivity index (χ3n) is 6.66. The second kappa shape index (κ2) is 14.6. The summed E-state index contributed by atoms with van der Waals surface area (Å²) < 4.78 is 30.6. The van der Waals surface area contributed by atoms with Crippen molar-refractivity contribution in [3.63, 3.8) is 0 Å². The van der Waals surface area contributed by atoms with Gasteiger partial charge in [0.25, 0.3) is 0 Å². The molecule has 0 saturated carbocycles. The van der Waals surface area contributed by atoms with Gasteiger partial charge >= 0.3 is 12.1 Å². The van der Waals surface area contributed by atoms with Crippen molar-refractivity contribution in [1.82, 2.24) is 15.5 Å². The highest BCUT2D eigenvalue weighted by atomic mass is 35.5. The molecule has 2 saturated heterocycles. The highest BCUT2D eigenvalue weighted by Crippen LogP contribution is 2.34. The topological polar surface area (TPSA) is 115 Å². The molecule has 0 spiro atoms. The van der Waals surface area contributed by atoms with Gasteiger partial charge in [0.2, 0.25) is 0 Å². The molecule has 0 aromatic heterocycles. The van der Waals surface area contributed by atoms with Crippen LogP contribution in [0.5, 0.6) is 0 Å². The minimum Gasteiger partial charge on any atom is -0.447 e. The first-order chi connectivity index (χ1) is 17.4. The summed E-state index contributed by atoms with van der Waals surface area (Å²) in [6.07, 6.45) is 3.17. The summed E-state index contributed by atoms with van der Waals surface area (Å²) in [6, 6.07) is 4.16. The number of rotatable bonds is 11. The molecule has 0 bridgehead atoms. The van der Waals surface area contributed by atoms with Gasteiger partial charge < -0.3 is 35.5 Å². The predicted octanol–water partition coefficient (Wildman–Crippen LogP) is 3.46. The van der Waals surface area contributed by atoms with E-state index in [4.69, 9.17) is 31.5 Å². The lowest BCUT2D eigenvalue weighted by Gasteiger charge is -2.38. The number of urea groups is 1. The third-order valence-corrected chi connectivity index (χ3v) is 6.88. The largest absolute Gasteiger partial charge is 0.447 e. The molecule has 1 aromatic rings. The minimum atomic E-state index is -0.889. The number of carbonyl (C=O) groups excluding carboxylic acids is 2. The lowest BCUT2D eigenvalue weighted by molar-refractivity contribution is -0.0259. The smallest absolute Gasteiger partial charge is 0.404 e. The van der Waals surface area contributed by atoms with Crippen LogP contribution in [0, 0.1) is 17.7 Å². The normalized spacial score (nSPS) is 22.0. The van der Waals surface area contributed by atoms with E-state index in [1.54, 1.807) is 11.0 Å². The summed E-state index contributed by atoms with van der Waals surface area (Å²) in [5, 5.41) is 6.63. The van der Waals surface area contributed by atoms with Gasteiger partial charge in [-0.15, -0.1) is 0 Å². The first kappa shape index (κ1) is 28.4. The Kier molecular flexibility index (Phi) is 11.5. The summed E-state index contributed by atoms with van der Waals surface area (Å²) in [7, 11) is 1.88. The van der Waals surface area contributed by atoms with Crippen LogP contribution in [-0.2, 0) is 14.2 Å². The average Bonchev–Trinajstić information content (AvgIpc) is 2.84. The molecule has 2 aliphatic rings. The molecule has 2 heterocycles. The number of amides is 3. The molecule has 3 amide bonds. The molecule has 4 atom stereocenters. The summed E-state index contributed by atoms with van der Waals surface area (Å²) in [5.74, 6) is -0.124. The van der Waals surface area contributed by atoms with Crippen LogP contribution in [0.4, 0.5) is 14.0 Å². The van der Waals surface area contributed by atoms with Gasteiger partial charge in [-0.2, -0.15) is 0 Å². The van der Waals surface area contributed by atoms with E-state index in [1.165, 1.54) is 12.1 Å². The maximum atomic E-state index is 14.1. The van der Waals surface area contributed by atoms with Crippen LogP contribution in [0.15, 0.2) is 18.2 Å². The molecule has 2 fully saturated rings. The van der Waals surface area contributed by atoms with Gasteiger partial charge in [0.15, 0.2) is 0 Å². The third kappa shape index (κ3) is 9.06. The zero-order valence-electron chi connectivity index (χ0n) is 20.8. The molecule has 9 nitrogen and oxygen atoms in total. The van der Waals surface area contributed by atoms with E-state index in [1.807, 2.05) is 7.05 Å². The minimum absolute atomic E-state index is 0.00500. The second-order valence-electron chi connectivity index (χ2n) is 9.53. The van der Waals surface area contributed by atoms with Crippen molar-refractivity contribution < 1.29 is 28.2 Å². The van der Waals surface area contributed by atoms with Crippen LogP contribution < -0.4 is 16.4 Å². The van der Waals surface area contributed by atoms with Gasteiger partial charge in [0, 0.05) is 49.8 Å². The zero-order valence-corrected chi connectivity index (χ0v) is 21.6. The summed E-state index contributed by atoms with van der Waals surface area (Å²) >= 11 is 6.11. The van der Waals surface area contributed by atoms with Crippen LogP contribution in [0.1, 0.15) is 43.8 Å². The highest BCUT2D eigenvalue weighted by Gasteiger charge is 2.32. The van der Waals surface area contributed by atoms with Crippen LogP contribution >= 0.6 is 11.6 Å². The van der Waals surface area contributed by atoms with Crippen molar-refractivity contribution in [2.24, 2.45) is 17.6 Å². The zero-order chi connectivity index (χ0) is 25.9. The molecule has 2 aliphatic heterocycles. The monoisotopic (exact) mass is 528 g/mol. The Morgan fingerprint density at radius 2 is 2.11 bits per heavy atom. The van der Waals surface area contributed by atoms with E-state index < -0.39 is 18.0 Å². The van der Waals surface area contributed by atoms with Gasteiger partial charge in [-0.25, -0.2) is 14.0 Å². The SMILES string of the molecule is CNCC(C[C@@H]1CCCOC1)NC(=O)N1CCC[C@@H](C(OCCOC(N)=O)c2cc(F)cc(Cl)c2)C1. The average molecular weight is 529 g/mol. The standard InChI is InChI=1S/C25H38ClFN4O5/c1-29-14-22(10-17-4-3-7-34-16-17)30-25(33)31-6-2-5-18(15-31)23(35-8-9-36-24(28)32)19-11-20(26)13-21(27)12-19/h11-13,17-18,22-23,29H,2-10,14-16H2,1H3,(H2,28,32)(H,30,33)/t17-,18+,22?,23?/m0/s1. The van der Waals surface area contributed by atoms with E-state index >= 15 is 0 Å².